The van der Waals surface area contributed by atoms with Crippen molar-refractivity contribution in [2.24, 2.45) is 0 Å². The largest absolute Gasteiger partial charge is 0.384 e. The fraction of sp³-hybridized carbons (Fsp3) is 0.562. The average Bonchev–Trinajstić information content (AvgIpc) is 2.96. The minimum Gasteiger partial charge on any atom is -0.384 e. The molecule has 1 aliphatic heterocycles. The van der Waals surface area contributed by atoms with Crippen LogP contribution in [0.15, 0.2) is 18.2 Å². The highest BCUT2D eigenvalue weighted by Crippen LogP contribution is 2.25. The van der Waals surface area contributed by atoms with Crippen LogP contribution in [-0.4, -0.2) is 30.0 Å². The van der Waals surface area contributed by atoms with Gasteiger partial charge in [0.25, 0.3) is 5.91 Å². The second-order valence-electron chi connectivity index (χ2n) is 5.32. The maximum atomic E-state index is 12.3. The van der Waals surface area contributed by atoms with Gasteiger partial charge in [-0.05, 0) is 49.6 Å². The number of aryl methyl sites for hydroxylation is 1. The molecule has 0 saturated carbocycles. The molecule has 20 heavy (non-hydrogen) atoms. The Morgan fingerprint density at radius 2 is 2.30 bits per heavy atom. The zero-order valence-corrected chi connectivity index (χ0v) is 13.2. The van der Waals surface area contributed by atoms with Gasteiger partial charge in [0.15, 0.2) is 0 Å². The van der Waals surface area contributed by atoms with Crippen LogP contribution < -0.4 is 10.6 Å². The number of thioether (sulfide) groups is 1. The van der Waals surface area contributed by atoms with Gasteiger partial charge in [0.05, 0.1) is 5.56 Å². The molecule has 4 heteroatoms. The Bertz CT molecular complexity index is 456. The van der Waals surface area contributed by atoms with E-state index in [1.807, 2.05) is 30.8 Å². The van der Waals surface area contributed by atoms with Crippen molar-refractivity contribution in [3.8, 4) is 0 Å². The lowest BCUT2D eigenvalue weighted by Gasteiger charge is -2.14. The molecule has 1 atom stereocenters. The Labute approximate surface area is 125 Å². The third-order valence-corrected chi connectivity index (χ3v) is 4.90. The van der Waals surface area contributed by atoms with Gasteiger partial charge < -0.3 is 10.6 Å². The topological polar surface area (TPSA) is 41.1 Å². The van der Waals surface area contributed by atoms with E-state index >= 15 is 0 Å². The minimum atomic E-state index is 0.0381. The molecule has 1 saturated heterocycles. The Morgan fingerprint density at radius 1 is 1.45 bits per heavy atom. The number of anilines is 1. The third-order valence-electron chi connectivity index (χ3n) is 3.50. The van der Waals surface area contributed by atoms with Gasteiger partial charge in [-0.3, -0.25) is 4.79 Å². The Morgan fingerprint density at radius 3 is 3.00 bits per heavy atom. The normalized spacial score (nSPS) is 18.0. The van der Waals surface area contributed by atoms with E-state index in [1.165, 1.54) is 24.2 Å². The zero-order chi connectivity index (χ0) is 14.4. The number of hydrogen-bond donors (Lipinski definition) is 2. The van der Waals surface area contributed by atoms with E-state index in [4.69, 9.17) is 0 Å². The Kier molecular flexibility index (Phi) is 5.77. The van der Waals surface area contributed by atoms with Gasteiger partial charge in [-0.25, -0.2) is 0 Å². The fourth-order valence-corrected chi connectivity index (χ4v) is 3.57. The molecule has 0 aromatic heterocycles. The molecule has 2 N–H and O–H groups in total. The zero-order valence-electron chi connectivity index (χ0n) is 12.4. The maximum Gasteiger partial charge on any atom is 0.253 e. The summed E-state index contributed by atoms with van der Waals surface area (Å²) in [4.78, 5) is 12.3. The molecule has 1 amide bonds. The summed E-state index contributed by atoms with van der Waals surface area (Å²) in [6.07, 6.45) is 3.55. The molecular formula is C16H24N2OS. The standard InChI is InChI=1S/C16H24N2OS/c1-3-8-17-15-10-12(2)6-7-14(15)16(19)18-11-13-5-4-9-20-13/h6-7,10,13,17H,3-5,8-9,11H2,1-2H3,(H,18,19). The second kappa shape index (κ2) is 7.58. The van der Waals surface area contributed by atoms with Crippen molar-refractivity contribution in [2.75, 3.05) is 24.2 Å². The van der Waals surface area contributed by atoms with Crippen molar-refractivity contribution < 1.29 is 4.79 Å². The molecule has 1 aromatic rings. The van der Waals surface area contributed by atoms with Crippen LogP contribution in [0.2, 0.25) is 0 Å². The first kappa shape index (κ1) is 15.2. The first-order valence-corrected chi connectivity index (χ1v) is 8.50. The van der Waals surface area contributed by atoms with Crippen LogP contribution in [0.3, 0.4) is 0 Å². The van der Waals surface area contributed by atoms with Crippen LogP contribution >= 0.6 is 11.8 Å². The number of amides is 1. The summed E-state index contributed by atoms with van der Waals surface area (Å²) in [6.45, 7) is 5.85. The van der Waals surface area contributed by atoms with E-state index < -0.39 is 0 Å². The molecular weight excluding hydrogens is 268 g/mol. The van der Waals surface area contributed by atoms with Gasteiger partial charge in [-0.1, -0.05) is 13.0 Å². The summed E-state index contributed by atoms with van der Waals surface area (Å²) in [5.41, 5.74) is 2.88. The molecule has 0 spiro atoms. The lowest BCUT2D eigenvalue weighted by molar-refractivity contribution is 0.0954. The summed E-state index contributed by atoms with van der Waals surface area (Å²) < 4.78 is 0. The van der Waals surface area contributed by atoms with Gasteiger partial charge in [-0.15, -0.1) is 0 Å². The van der Waals surface area contributed by atoms with E-state index in [0.717, 1.165) is 30.8 Å². The van der Waals surface area contributed by atoms with Crippen LogP contribution in [-0.2, 0) is 0 Å². The van der Waals surface area contributed by atoms with E-state index in [-0.39, 0.29) is 5.91 Å². The number of rotatable bonds is 6. The number of carbonyl (C=O) groups is 1. The van der Waals surface area contributed by atoms with E-state index in [0.29, 0.717) is 5.25 Å². The molecule has 1 aliphatic rings. The van der Waals surface area contributed by atoms with Crippen molar-refractivity contribution >= 4 is 23.4 Å². The number of carbonyl (C=O) groups excluding carboxylic acids is 1. The van der Waals surface area contributed by atoms with Crippen LogP contribution in [0.5, 0.6) is 0 Å². The first-order chi connectivity index (χ1) is 9.70. The summed E-state index contributed by atoms with van der Waals surface area (Å²) in [5.74, 6) is 1.27. The molecule has 0 bridgehead atoms. The Balaban J connectivity index is 1.99. The van der Waals surface area contributed by atoms with Crippen LogP contribution in [0.1, 0.15) is 42.1 Å². The lowest BCUT2D eigenvalue weighted by atomic mass is 10.1. The molecule has 1 heterocycles. The van der Waals surface area contributed by atoms with Crippen LogP contribution in [0, 0.1) is 6.92 Å². The quantitative estimate of drug-likeness (QED) is 0.844. The number of nitrogens with one attached hydrogen (secondary N) is 2. The fourth-order valence-electron chi connectivity index (χ4n) is 2.37. The van der Waals surface area contributed by atoms with Crippen molar-refractivity contribution in [3.05, 3.63) is 29.3 Å². The smallest absolute Gasteiger partial charge is 0.253 e. The third kappa shape index (κ3) is 4.17. The number of hydrogen-bond acceptors (Lipinski definition) is 3. The van der Waals surface area contributed by atoms with Gasteiger partial charge >= 0.3 is 0 Å². The van der Waals surface area contributed by atoms with Gasteiger partial charge in [-0.2, -0.15) is 11.8 Å². The summed E-state index contributed by atoms with van der Waals surface area (Å²) in [6, 6.07) is 5.97. The predicted molar refractivity (Wildman–Crippen MR) is 87.8 cm³/mol. The average molecular weight is 292 g/mol. The minimum absolute atomic E-state index is 0.0381. The summed E-state index contributed by atoms with van der Waals surface area (Å²) in [7, 11) is 0. The molecule has 1 unspecified atom stereocenters. The van der Waals surface area contributed by atoms with E-state index in [1.54, 1.807) is 0 Å². The van der Waals surface area contributed by atoms with Crippen molar-refractivity contribution in [1.29, 1.82) is 0 Å². The van der Waals surface area contributed by atoms with Crippen molar-refractivity contribution in [1.82, 2.24) is 5.32 Å². The van der Waals surface area contributed by atoms with E-state index in [9.17, 15) is 4.79 Å². The molecule has 1 fully saturated rings. The van der Waals surface area contributed by atoms with Gasteiger partial charge in [0.2, 0.25) is 0 Å². The molecule has 0 aliphatic carbocycles. The first-order valence-electron chi connectivity index (χ1n) is 7.45. The van der Waals surface area contributed by atoms with E-state index in [2.05, 4.69) is 23.6 Å². The lowest BCUT2D eigenvalue weighted by Crippen LogP contribution is -2.30. The second-order valence-corrected chi connectivity index (χ2v) is 6.73. The highest BCUT2D eigenvalue weighted by atomic mass is 32.2. The molecule has 110 valence electrons. The number of benzene rings is 1. The SMILES string of the molecule is CCCNc1cc(C)ccc1C(=O)NCC1CCCS1. The maximum absolute atomic E-state index is 12.3. The highest BCUT2D eigenvalue weighted by Gasteiger charge is 2.17. The van der Waals surface area contributed by atoms with Crippen LogP contribution in [0.25, 0.3) is 0 Å². The molecule has 2 rings (SSSR count). The molecule has 0 radical (unpaired) electrons. The molecule has 1 aromatic carbocycles. The monoisotopic (exact) mass is 292 g/mol. The van der Waals surface area contributed by atoms with Gasteiger partial charge in [0, 0.05) is 24.0 Å². The van der Waals surface area contributed by atoms with Crippen molar-refractivity contribution in [3.63, 3.8) is 0 Å². The summed E-state index contributed by atoms with van der Waals surface area (Å²) >= 11 is 1.97. The summed E-state index contributed by atoms with van der Waals surface area (Å²) in [5, 5.41) is 7.02. The predicted octanol–water partition coefficient (Wildman–Crippen LogP) is 3.44. The van der Waals surface area contributed by atoms with Crippen molar-refractivity contribution in [2.45, 2.75) is 38.4 Å². The van der Waals surface area contributed by atoms with Gasteiger partial charge in [0.1, 0.15) is 0 Å². The van der Waals surface area contributed by atoms with Crippen LogP contribution in [0.4, 0.5) is 5.69 Å². The highest BCUT2D eigenvalue weighted by molar-refractivity contribution is 8.00. The molecule has 3 nitrogen and oxygen atoms in total. The Hall–Kier alpha value is -1.16.